The molecule has 2 aromatic carbocycles. The number of hydrogen-bond donors (Lipinski definition) is 3. The van der Waals surface area contributed by atoms with Crippen molar-refractivity contribution in [3.8, 4) is 5.75 Å². The van der Waals surface area contributed by atoms with E-state index in [-0.39, 0.29) is 11.9 Å². The lowest BCUT2D eigenvalue weighted by Crippen LogP contribution is -2.70. The highest BCUT2D eigenvalue weighted by molar-refractivity contribution is 7.80. The van der Waals surface area contributed by atoms with Crippen molar-refractivity contribution in [3.63, 3.8) is 0 Å². The first-order valence-electron chi connectivity index (χ1n) is 7.89. The number of carbonyl (C=O) groups is 1. The number of para-hydroxylation sites is 1. The zero-order valence-corrected chi connectivity index (χ0v) is 14.9. The van der Waals surface area contributed by atoms with Gasteiger partial charge in [0.25, 0.3) is 0 Å². The van der Waals surface area contributed by atoms with E-state index in [1.165, 1.54) is 0 Å². The summed E-state index contributed by atoms with van der Waals surface area (Å²) in [6, 6.07) is 14.4. The molecule has 1 saturated heterocycles. The Kier molecular flexibility index (Phi) is 3.81. The molecule has 2 aromatic rings. The Morgan fingerprint density at radius 2 is 2.04 bits per heavy atom. The predicted octanol–water partition coefficient (Wildman–Crippen LogP) is 3.22. The number of fused-ring (bicyclic) bond motifs is 4. The van der Waals surface area contributed by atoms with Gasteiger partial charge in [-0.3, -0.25) is 4.79 Å². The van der Waals surface area contributed by atoms with Gasteiger partial charge in [0.05, 0.1) is 6.04 Å². The van der Waals surface area contributed by atoms with Crippen LogP contribution in [0.3, 0.4) is 0 Å². The van der Waals surface area contributed by atoms with Crippen LogP contribution in [0, 0.1) is 5.92 Å². The lowest BCUT2D eigenvalue weighted by Gasteiger charge is -2.50. The van der Waals surface area contributed by atoms with E-state index in [9.17, 15) is 4.79 Å². The number of anilines is 1. The van der Waals surface area contributed by atoms with Gasteiger partial charge in [-0.05, 0) is 49.5 Å². The third kappa shape index (κ3) is 2.81. The Morgan fingerprint density at radius 3 is 2.80 bits per heavy atom. The van der Waals surface area contributed by atoms with E-state index in [1.807, 2.05) is 49.4 Å². The van der Waals surface area contributed by atoms with Gasteiger partial charge in [-0.1, -0.05) is 29.8 Å². The molecule has 0 radical (unpaired) electrons. The molecule has 1 amide bonds. The topological polar surface area (TPSA) is 62.4 Å². The summed E-state index contributed by atoms with van der Waals surface area (Å²) in [5.41, 5.74) is 0.600. The molecule has 2 bridgehead atoms. The fraction of sp³-hybridized carbons (Fsp3) is 0.222. The number of halogens is 1. The van der Waals surface area contributed by atoms with Crippen LogP contribution >= 0.6 is 23.8 Å². The van der Waals surface area contributed by atoms with Gasteiger partial charge in [0, 0.05) is 16.3 Å². The molecular weight excluding hydrogens is 358 g/mol. The maximum Gasteiger partial charge on any atom is 0.236 e. The van der Waals surface area contributed by atoms with Gasteiger partial charge in [-0.2, -0.15) is 0 Å². The van der Waals surface area contributed by atoms with E-state index < -0.39 is 11.6 Å². The molecule has 0 saturated carbocycles. The van der Waals surface area contributed by atoms with Gasteiger partial charge < -0.3 is 20.7 Å². The number of ether oxygens (including phenoxy) is 1. The van der Waals surface area contributed by atoms with Crippen molar-refractivity contribution >= 4 is 40.5 Å². The minimum absolute atomic E-state index is 0.160. The quantitative estimate of drug-likeness (QED) is 0.705. The summed E-state index contributed by atoms with van der Waals surface area (Å²) < 4.78 is 6.13. The van der Waals surface area contributed by atoms with Crippen LogP contribution < -0.4 is 20.7 Å². The van der Waals surface area contributed by atoms with Gasteiger partial charge >= 0.3 is 0 Å². The second-order valence-electron chi connectivity index (χ2n) is 6.30. The summed E-state index contributed by atoms with van der Waals surface area (Å²) in [7, 11) is 0. The van der Waals surface area contributed by atoms with Crippen molar-refractivity contribution in [2.45, 2.75) is 18.7 Å². The number of rotatable bonds is 2. The van der Waals surface area contributed by atoms with Crippen LogP contribution in [0.15, 0.2) is 48.5 Å². The van der Waals surface area contributed by atoms with Crippen molar-refractivity contribution in [1.82, 2.24) is 10.6 Å². The molecule has 3 atom stereocenters. The largest absolute Gasteiger partial charge is 0.467 e. The second kappa shape index (κ2) is 5.89. The Bertz CT molecular complexity index is 861. The lowest BCUT2D eigenvalue weighted by atomic mass is 9.80. The van der Waals surface area contributed by atoms with E-state index in [0.29, 0.717) is 15.9 Å². The normalized spacial score (nSPS) is 26.6. The molecule has 0 spiro atoms. The monoisotopic (exact) mass is 373 g/mol. The van der Waals surface area contributed by atoms with Gasteiger partial charge in [0.1, 0.15) is 11.7 Å². The Balaban J connectivity index is 1.74. The molecule has 2 heterocycles. The zero-order chi connectivity index (χ0) is 17.6. The van der Waals surface area contributed by atoms with Gasteiger partial charge in [-0.15, -0.1) is 0 Å². The molecule has 7 heteroatoms. The SMILES string of the molecule is C[C@@]12NC(=S)N[C@@H](c3cc(Cl)ccc3O1)[C@H]2C(=O)Nc1ccccc1. The highest BCUT2D eigenvalue weighted by Crippen LogP contribution is 2.45. The van der Waals surface area contributed by atoms with E-state index in [0.717, 1.165) is 11.3 Å². The summed E-state index contributed by atoms with van der Waals surface area (Å²) in [6.07, 6.45) is 0. The minimum Gasteiger partial charge on any atom is -0.467 e. The third-order valence-electron chi connectivity index (χ3n) is 4.53. The van der Waals surface area contributed by atoms with Gasteiger partial charge in [0.15, 0.2) is 10.8 Å². The maximum atomic E-state index is 13.0. The Hall–Kier alpha value is -2.31. The fourth-order valence-electron chi connectivity index (χ4n) is 3.45. The van der Waals surface area contributed by atoms with E-state index >= 15 is 0 Å². The van der Waals surface area contributed by atoms with E-state index in [4.69, 9.17) is 28.6 Å². The number of benzene rings is 2. The third-order valence-corrected chi connectivity index (χ3v) is 4.98. The second-order valence-corrected chi connectivity index (χ2v) is 7.15. The van der Waals surface area contributed by atoms with Crippen molar-refractivity contribution in [2.24, 2.45) is 5.92 Å². The number of amides is 1. The van der Waals surface area contributed by atoms with Crippen LogP contribution in [0.4, 0.5) is 5.69 Å². The van der Waals surface area contributed by atoms with Crippen molar-refractivity contribution in [3.05, 3.63) is 59.1 Å². The zero-order valence-electron chi connectivity index (χ0n) is 13.4. The average Bonchev–Trinajstić information content (AvgIpc) is 2.55. The summed E-state index contributed by atoms with van der Waals surface area (Å²) in [5.74, 6) is -0.0136. The van der Waals surface area contributed by atoms with Crippen LogP contribution in [0.5, 0.6) is 5.75 Å². The summed E-state index contributed by atoms with van der Waals surface area (Å²) in [6.45, 7) is 1.83. The smallest absolute Gasteiger partial charge is 0.236 e. The van der Waals surface area contributed by atoms with E-state index in [1.54, 1.807) is 6.07 Å². The van der Waals surface area contributed by atoms with Crippen molar-refractivity contribution in [1.29, 1.82) is 0 Å². The highest BCUT2D eigenvalue weighted by Gasteiger charge is 2.54. The molecule has 0 aromatic heterocycles. The van der Waals surface area contributed by atoms with Crippen molar-refractivity contribution in [2.75, 3.05) is 5.32 Å². The maximum absolute atomic E-state index is 13.0. The number of carbonyl (C=O) groups excluding carboxylic acids is 1. The van der Waals surface area contributed by atoms with Crippen LogP contribution in [0.25, 0.3) is 0 Å². The molecule has 25 heavy (non-hydrogen) atoms. The molecule has 4 rings (SSSR count). The number of thiocarbonyl (C=S) groups is 1. The first-order valence-corrected chi connectivity index (χ1v) is 8.68. The Labute approximate surface area is 155 Å². The summed E-state index contributed by atoms with van der Waals surface area (Å²) in [4.78, 5) is 13.0. The van der Waals surface area contributed by atoms with E-state index in [2.05, 4.69) is 16.0 Å². The summed E-state index contributed by atoms with van der Waals surface area (Å²) in [5, 5.41) is 10.3. The predicted molar refractivity (Wildman–Crippen MR) is 101 cm³/mol. The average molecular weight is 374 g/mol. The van der Waals surface area contributed by atoms with Crippen LogP contribution in [-0.2, 0) is 4.79 Å². The molecule has 1 fully saturated rings. The first kappa shape index (κ1) is 16.2. The molecule has 2 aliphatic rings. The van der Waals surface area contributed by atoms with Crippen LogP contribution in [0.2, 0.25) is 5.02 Å². The van der Waals surface area contributed by atoms with Crippen LogP contribution in [-0.4, -0.2) is 16.7 Å². The molecule has 128 valence electrons. The molecule has 2 aliphatic heterocycles. The van der Waals surface area contributed by atoms with Crippen molar-refractivity contribution < 1.29 is 9.53 Å². The van der Waals surface area contributed by atoms with Gasteiger partial charge in [-0.25, -0.2) is 0 Å². The minimum atomic E-state index is -0.952. The fourth-order valence-corrected chi connectivity index (χ4v) is 3.97. The number of nitrogens with one attached hydrogen (secondary N) is 3. The number of hydrogen-bond acceptors (Lipinski definition) is 3. The van der Waals surface area contributed by atoms with Gasteiger partial charge in [0.2, 0.25) is 5.91 Å². The molecule has 0 aliphatic carbocycles. The molecule has 3 N–H and O–H groups in total. The summed E-state index contributed by atoms with van der Waals surface area (Å²) >= 11 is 11.4. The molecular formula is C18H16ClN3O2S. The molecule has 0 unspecified atom stereocenters. The first-order chi connectivity index (χ1) is 12.0. The Morgan fingerprint density at radius 1 is 1.28 bits per heavy atom. The molecule has 5 nitrogen and oxygen atoms in total. The van der Waals surface area contributed by atoms with Crippen LogP contribution in [0.1, 0.15) is 18.5 Å². The lowest BCUT2D eigenvalue weighted by molar-refractivity contribution is -0.132. The standard InChI is InChI=1S/C18H16ClN3O2S/c1-18-14(16(23)20-11-5-3-2-4-6-11)15(21-17(25)22-18)12-9-10(19)7-8-13(12)24-18/h2-9,14-15H,1H3,(H,20,23)(H2,21,22,25)/t14-,15-,18+/m0/s1. The highest BCUT2D eigenvalue weighted by atomic mass is 35.5.